The van der Waals surface area contributed by atoms with Gasteiger partial charge in [0.2, 0.25) is 5.91 Å². The summed E-state index contributed by atoms with van der Waals surface area (Å²) in [4.78, 5) is 47.7. The molecule has 3 aliphatic rings. The number of carbonyl (C=O) groups is 3. The Morgan fingerprint density at radius 3 is 2.11 bits per heavy atom. The molecule has 406 valence electrons. The lowest BCUT2D eigenvalue weighted by atomic mass is 9.88. The maximum atomic E-state index is 12.1. The molecule has 2 saturated heterocycles. The summed E-state index contributed by atoms with van der Waals surface area (Å²) in [7, 11) is 7.50. The van der Waals surface area contributed by atoms with Crippen LogP contribution in [0.5, 0.6) is 0 Å². The van der Waals surface area contributed by atoms with Crippen LogP contribution in [0, 0.1) is 16.4 Å². The average Bonchev–Trinajstić information content (AvgIpc) is 3.88. The standard InChI is InChI=1S/C29H33N5O.C16H23N3O3.C14H31N.C2H6/c1-20-16-27(19-34-14-11-24(12-15-34)23-6-4-22(5-7-23)21(2)35)33(3)31-13-10-28(20)25-8-9-29-26(17-25)18-30-32-29;1-5-11-6-7-12(14(10-11)18(2)3)19(22-4)13-8-9-15(20)17-16(13)21;1-5-9-14(10-6-2)13-15(11-7-3)12-8-4;1-2/h4-10,13,16-17,24,30-31H,1,11-12,14-15,18-19H2,2-3H3;6-7,10,13H,5,8-9H2,1-4H3,(H,17,20,21);14H,5-13H2,1-4H3;1-2H3/b13-10?,27-16?,28-25+;;;. The first kappa shape index (κ1) is 60.8. The van der Waals surface area contributed by atoms with Crippen molar-refractivity contribution in [1.29, 1.82) is 0 Å². The third kappa shape index (κ3) is 18.0. The monoisotopic (exact) mass is 1020 g/mol. The molecule has 0 bridgehead atoms. The molecule has 7 rings (SSSR count). The predicted molar refractivity (Wildman–Crippen MR) is 306 cm³/mol. The van der Waals surface area contributed by atoms with Crippen LogP contribution in [0.2, 0.25) is 0 Å². The predicted octanol–water partition coefficient (Wildman–Crippen LogP) is 10.2. The average molecular weight is 1020 g/mol. The highest BCUT2D eigenvalue weighted by Gasteiger charge is 2.34. The maximum absolute atomic E-state index is 12.1. The van der Waals surface area contributed by atoms with Crippen LogP contribution in [-0.2, 0) is 41.0 Å². The number of nitrogens with zero attached hydrogens (tertiary/aromatic N) is 6. The Morgan fingerprint density at radius 1 is 0.851 bits per heavy atom. The number of imide groups is 1. The lowest BCUT2D eigenvalue weighted by Crippen LogP contribution is -2.52. The number of nitrogens with one attached hydrogen (secondary N) is 3. The molecule has 4 heterocycles. The normalized spacial score (nSPS) is 15.7. The molecule has 3 aromatic carbocycles. The number of aryl methyl sites for hydroxylation is 2. The number of H-pyrrole nitrogens is 1. The van der Waals surface area contributed by atoms with E-state index in [1.807, 2.05) is 63.3 Å². The van der Waals surface area contributed by atoms with Crippen LogP contribution < -0.4 is 31.3 Å². The van der Waals surface area contributed by atoms with Crippen LogP contribution in [0.1, 0.15) is 158 Å². The summed E-state index contributed by atoms with van der Waals surface area (Å²) in [5, 5.41) is 16.0. The van der Waals surface area contributed by atoms with Crippen LogP contribution in [-0.4, -0.2) is 97.1 Å². The fraction of sp³-hybridized carbons (Fsp3) is 0.541. The van der Waals surface area contributed by atoms with Crippen LogP contribution in [0.25, 0.3) is 6.58 Å². The summed E-state index contributed by atoms with van der Waals surface area (Å²) >= 11 is 0. The van der Waals surface area contributed by atoms with E-state index < -0.39 is 6.04 Å². The SMILES string of the molecule is C=c1cc(CN2CCC(c3ccc(C(C)=O)cc3)CC2)n(C)[nH]cc/c1=c1/ccc2c(c1)CNN=2.CC.CCCC(CCC)CN(CCC)CCC.CCc1ccc(N(OC)C2CCC(=O)NC2=O)c(N(C)C)c1. The number of hydroxylamine groups is 1. The molecule has 1 unspecified atom stereocenters. The summed E-state index contributed by atoms with van der Waals surface area (Å²) in [5.74, 6) is 1.07. The number of aromatic amines is 1. The van der Waals surface area contributed by atoms with E-state index in [4.69, 9.17) is 4.84 Å². The van der Waals surface area contributed by atoms with Crippen molar-refractivity contribution in [1.82, 2.24) is 30.3 Å². The molecular weight excluding hydrogens is 923 g/mol. The van der Waals surface area contributed by atoms with Gasteiger partial charge in [0.1, 0.15) is 6.04 Å². The van der Waals surface area contributed by atoms with E-state index in [9.17, 15) is 14.4 Å². The van der Waals surface area contributed by atoms with Gasteiger partial charge in [-0.25, -0.2) is 5.06 Å². The molecule has 3 aliphatic heterocycles. The smallest absolute Gasteiger partial charge is 0.251 e. The first-order valence-electron chi connectivity index (χ1n) is 27.8. The van der Waals surface area contributed by atoms with E-state index in [1.54, 1.807) is 12.0 Å². The van der Waals surface area contributed by atoms with Crippen LogP contribution >= 0.6 is 0 Å². The molecule has 13 nitrogen and oxygen atoms in total. The zero-order chi connectivity index (χ0) is 54.2. The quantitative estimate of drug-likeness (QED) is 0.0478. The number of carbonyl (C=O) groups excluding carboxylic acids is 3. The second-order valence-electron chi connectivity index (χ2n) is 19.9. The second-order valence-corrected chi connectivity index (χ2v) is 19.9. The summed E-state index contributed by atoms with van der Waals surface area (Å²) in [6.07, 6.45) is 14.0. The van der Waals surface area contributed by atoms with Gasteiger partial charge in [-0.15, -0.1) is 0 Å². The highest BCUT2D eigenvalue weighted by Crippen LogP contribution is 2.33. The fourth-order valence-corrected chi connectivity index (χ4v) is 10.2. The van der Waals surface area contributed by atoms with Crippen molar-refractivity contribution >= 4 is 35.6 Å². The van der Waals surface area contributed by atoms with Gasteiger partial charge in [-0.1, -0.05) is 104 Å². The van der Waals surface area contributed by atoms with Crippen molar-refractivity contribution in [3.8, 4) is 0 Å². The lowest BCUT2D eigenvalue weighted by molar-refractivity contribution is -0.135. The minimum Gasteiger partial charge on any atom is -0.376 e. The third-order valence-corrected chi connectivity index (χ3v) is 14.1. The first-order chi connectivity index (χ1) is 35.7. The van der Waals surface area contributed by atoms with Gasteiger partial charge in [0.25, 0.3) is 5.91 Å². The third-order valence-electron chi connectivity index (χ3n) is 14.1. The minimum atomic E-state index is -0.506. The topological polar surface area (TPSA) is 131 Å². The van der Waals surface area contributed by atoms with E-state index in [1.165, 1.54) is 87.7 Å². The second kappa shape index (κ2) is 31.9. The van der Waals surface area contributed by atoms with Crippen LogP contribution in [0.15, 0.2) is 84.1 Å². The molecule has 2 amide bonds. The van der Waals surface area contributed by atoms with Gasteiger partial charge in [-0.3, -0.25) is 34.1 Å². The molecule has 13 heteroatoms. The number of amides is 2. The molecule has 0 saturated carbocycles. The molecule has 2 fully saturated rings. The van der Waals surface area contributed by atoms with Gasteiger partial charge >= 0.3 is 0 Å². The Hall–Kier alpha value is -5.76. The number of aromatic nitrogens is 2. The van der Waals surface area contributed by atoms with Crippen molar-refractivity contribution in [3.63, 3.8) is 0 Å². The van der Waals surface area contributed by atoms with Gasteiger partial charge in [0, 0.05) is 63.7 Å². The molecule has 0 radical (unpaired) electrons. The summed E-state index contributed by atoms with van der Waals surface area (Å²) < 4.78 is 2.08. The van der Waals surface area contributed by atoms with E-state index in [2.05, 4.69) is 132 Å². The van der Waals surface area contributed by atoms with E-state index in [-0.39, 0.29) is 17.6 Å². The lowest BCUT2D eigenvalue weighted by Gasteiger charge is -2.34. The number of fused-ring (bicyclic) bond motifs is 1. The number of rotatable bonds is 19. The summed E-state index contributed by atoms with van der Waals surface area (Å²) in [6.45, 7) is 29.0. The van der Waals surface area contributed by atoms with Gasteiger partial charge < -0.3 is 20.3 Å². The van der Waals surface area contributed by atoms with Gasteiger partial charge in [-0.2, -0.15) is 5.10 Å². The number of Topliss-reactive ketones (excluding diaryl/α,β-unsaturated/α-hetero) is 1. The Bertz CT molecular complexity index is 2610. The van der Waals surface area contributed by atoms with Crippen molar-refractivity contribution in [2.45, 2.75) is 151 Å². The molecular formula is C61H93N9O4. The molecule has 4 aromatic rings. The number of benzene rings is 3. The van der Waals surface area contributed by atoms with Crippen LogP contribution in [0.3, 0.4) is 0 Å². The molecule has 0 spiro atoms. The maximum Gasteiger partial charge on any atom is 0.251 e. The Labute approximate surface area is 444 Å². The number of hydrogen-bond donors (Lipinski definition) is 3. The van der Waals surface area contributed by atoms with Crippen molar-refractivity contribution < 1.29 is 19.2 Å². The minimum absolute atomic E-state index is 0.122. The summed E-state index contributed by atoms with van der Waals surface area (Å²) in [5.41, 5.74) is 10.6. The van der Waals surface area contributed by atoms with E-state index >= 15 is 0 Å². The summed E-state index contributed by atoms with van der Waals surface area (Å²) in [6, 6.07) is 24.4. The van der Waals surface area contributed by atoms with Gasteiger partial charge in [0.15, 0.2) is 5.78 Å². The van der Waals surface area contributed by atoms with Crippen molar-refractivity contribution in [2.24, 2.45) is 18.1 Å². The Kier molecular flexibility index (Phi) is 26.2. The van der Waals surface area contributed by atoms with E-state index in [0.717, 1.165) is 89.3 Å². The number of hydrogen-bond acceptors (Lipinski definition) is 10. The molecule has 1 atom stereocenters. The largest absolute Gasteiger partial charge is 0.376 e. The highest BCUT2D eigenvalue weighted by atomic mass is 16.7. The zero-order valence-electron chi connectivity index (χ0n) is 47.5. The van der Waals surface area contributed by atoms with Gasteiger partial charge in [0.05, 0.1) is 30.4 Å². The first-order valence-corrected chi connectivity index (χ1v) is 27.8. The number of piperidine rings is 2. The molecule has 74 heavy (non-hydrogen) atoms. The fourth-order valence-electron chi connectivity index (χ4n) is 10.2. The number of ketones is 1. The zero-order valence-corrected chi connectivity index (χ0v) is 47.5. The van der Waals surface area contributed by atoms with Crippen molar-refractivity contribution in [3.05, 3.63) is 128 Å². The Balaban J connectivity index is 0.000000261. The number of likely N-dealkylation sites (tertiary alicyclic amines) is 1. The van der Waals surface area contributed by atoms with Crippen molar-refractivity contribution in [2.75, 3.05) is 63.9 Å². The van der Waals surface area contributed by atoms with Gasteiger partial charge in [-0.05, 0) is 159 Å². The molecule has 1 aromatic heterocycles. The number of anilines is 2. The molecule has 0 aliphatic carbocycles. The Morgan fingerprint density at radius 2 is 1.53 bits per heavy atom. The highest BCUT2D eigenvalue weighted by molar-refractivity contribution is 6.01. The van der Waals surface area contributed by atoms with E-state index in [0.29, 0.717) is 18.8 Å². The van der Waals surface area contributed by atoms with Crippen LogP contribution in [0.4, 0.5) is 11.4 Å². The molecule has 3 N–H and O–H groups in total.